The molecule has 3 rings (SSSR count). The van der Waals surface area contributed by atoms with Gasteiger partial charge in [0.25, 0.3) is 5.91 Å². The Morgan fingerprint density at radius 1 is 1.16 bits per heavy atom. The average molecular weight is 402 g/mol. The largest absolute Gasteiger partial charge is 0.449 e. The molecule has 25 heavy (non-hydrogen) atoms. The second-order valence-electron chi connectivity index (χ2n) is 6.21. The van der Waals surface area contributed by atoms with Gasteiger partial charge in [0, 0.05) is 4.47 Å². The molecule has 0 unspecified atom stereocenters. The van der Waals surface area contributed by atoms with Crippen molar-refractivity contribution in [2.45, 2.75) is 38.3 Å². The molecule has 2 aromatic rings. The van der Waals surface area contributed by atoms with Gasteiger partial charge >= 0.3 is 5.97 Å². The highest BCUT2D eigenvalue weighted by molar-refractivity contribution is 9.10. The zero-order valence-corrected chi connectivity index (χ0v) is 15.6. The summed E-state index contributed by atoms with van der Waals surface area (Å²) in [6, 6.07) is 15.0. The van der Waals surface area contributed by atoms with E-state index in [1.165, 1.54) is 5.56 Å². The van der Waals surface area contributed by atoms with Gasteiger partial charge in [0.2, 0.25) is 0 Å². The SMILES string of the molecule is C[C@@H](OC(=O)c1ccc(Br)cc1)C(=O)N[C@H]1CCCc2ccccc21. The van der Waals surface area contributed by atoms with Gasteiger partial charge in [-0.25, -0.2) is 4.79 Å². The van der Waals surface area contributed by atoms with Crippen LogP contribution in [-0.2, 0) is 16.0 Å². The highest BCUT2D eigenvalue weighted by atomic mass is 79.9. The number of hydrogen-bond acceptors (Lipinski definition) is 3. The maximum atomic E-state index is 12.4. The van der Waals surface area contributed by atoms with Gasteiger partial charge in [-0.05, 0) is 61.6 Å². The molecule has 4 nitrogen and oxygen atoms in total. The van der Waals surface area contributed by atoms with Crippen LogP contribution in [0.15, 0.2) is 53.0 Å². The highest BCUT2D eigenvalue weighted by Crippen LogP contribution is 2.29. The van der Waals surface area contributed by atoms with Crippen LogP contribution in [0, 0.1) is 0 Å². The third kappa shape index (κ3) is 4.28. The first kappa shape index (κ1) is 17.7. The highest BCUT2D eigenvalue weighted by Gasteiger charge is 2.25. The van der Waals surface area contributed by atoms with Crippen molar-refractivity contribution in [1.29, 1.82) is 0 Å². The number of carbonyl (C=O) groups excluding carboxylic acids is 2. The molecule has 0 fully saturated rings. The number of amides is 1. The molecule has 0 aliphatic heterocycles. The van der Waals surface area contributed by atoms with Crippen LogP contribution in [0.5, 0.6) is 0 Å². The number of benzene rings is 2. The fourth-order valence-electron chi connectivity index (χ4n) is 3.06. The first-order chi connectivity index (χ1) is 12.0. The summed E-state index contributed by atoms with van der Waals surface area (Å²) in [4.78, 5) is 24.6. The van der Waals surface area contributed by atoms with E-state index in [1.807, 2.05) is 12.1 Å². The summed E-state index contributed by atoms with van der Waals surface area (Å²) < 4.78 is 6.18. The number of esters is 1. The fourth-order valence-corrected chi connectivity index (χ4v) is 3.33. The molecule has 0 saturated heterocycles. The molecule has 0 aromatic heterocycles. The average Bonchev–Trinajstić information content (AvgIpc) is 2.62. The van der Waals surface area contributed by atoms with E-state index in [4.69, 9.17) is 4.74 Å². The van der Waals surface area contributed by atoms with Crippen LogP contribution in [0.3, 0.4) is 0 Å². The number of hydrogen-bond donors (Lipinski definition) is 1. The second-order valence-corrected chi connectivity index (χ2v) is 7.12. The van der Waals surface area contributed by atoms with Crippen LogP contribution in [0.1, 0.15) is 47.3 Å². The van der Waals surface area contributed by atoms with Crippen LogP contribution < -0.4 is 5.32 Å². The summed E-state index contributed by atoms with van der Waals surface area (Å²) in [6.07, 6.45) is 2.13. The van der Waals surface area contributed by atoms with E-state index < -0.39 is 12.1 Å². The van der Waals surface area contributed by atoms with Gasteiger partial charge in [0.1, 0.15) is 0 Å². The Labute approximate surface area is 155 Å². The Balaban J connectivity index is 1.62. The predicted octanol–water partition coefficient (Wildman–Crippen LogP) is 4.19. The lowest BCUT2D eigenvalue weighted by atomic mass is 9.87. The molecule has 0 heterocycles. The van der Waals surface area contributed by atoms with Crippen LogP contribution >= 0.6 is 15.9 Å². The maximum absolute atomic E-state index is 12.4. The lowest BCUT2D eigenvalue weighted by molar-refractivity contribution is -0.130. The first-order valence-corrected chi connectivity index (χ1v) is 9.18. The van der Waals surface area contributed by atoms with Crippen molar-refractivity contribution in [1.82, 2.24) is 5.32 Å². The molecule has 2 aromatic carbocycles. The van der Waals surface area contributed by atoms with Gasteiger partial charge in [-0.3, -0.25) is 4.79 Å². The van der Waals surface area contributed by atoms with E-state index in [9.17, 15) is 9.59 Å². The Kier molecular flexibility index (Phi) is 5.53. The summed E-state index contributed by atoms with van der Waals surface area (Å²) in [5.41, 5.74) is 2.86. The molecule has 0 saturated carbocycles. The zero-order chi connectivity index (χ0) is 17.8. The van der Waals surface area contributed by atoms with E-state index in [1.54, 1.807) is 31.2 Å². The maximum Gasteiger partial charge on any atom is 0.338 e. The lowest BCUT2D eigenvalue weighted by Crippen LogP contribution is -2.39. The van der Waals surface area contributed by atoms with Gasteiger partial charge in [0.05, 0.1) is 11.6 Å². The van der Waals surface area contributed by atoms with Gasteiger partial charge < -0.3 is 10.1 Å². The van der Waals surface area contributed by atoms with Gasteiger partial charge in [-0.15, -0.1) is 0 Å². The van der Waals surface area contributed by atoms with Crippen LogP contribution in [0.4, 0.5) is 0 Å². The van der Waals surface area contributed by atoms with Crippen LogP contribution in [0.2, 0.25) is 0 Å². The fraction of sp³-hybridized carbons (Fsp3) is 0.300. The topological polar surface area (TPSA) is 55.4 Å². The first-order valence-electron chi connectivity index (χ1n) is 8.39. The Morgan fingerprint density at radius 2 is 1.88 bits per heavy atom. The molecule has 130 valence electrons. The Bertz CT molecular complexity index is 773. The summed E-state index contributed by atoms with van der Waals surface area (Å²) >= 11 is 3.32. The monoisotopic (exact) mass is 401 g/mol. The minimum absolute atomic E-state index is 0.0220. The number of fused-ring (bicyclic) bond motifs is 1. The Morgan fingerprint density at radius 3 is 2.64 bits per heavy atom. The molecular formula is C20H20BrNO3. The summed E-state index contributed by atoms with van der Waals surface area (Å²) in [5, 5.41) is 3.02. The molecule has 1 aliphatic carbocycles. The predicted molar refractivity (Wildman–Crippen MR) is 99.3 cm³/mol. The smallest absolute Gasteiger partial charge is 0.338 e. The summed E-state index contributed by atoms with van der Waals surface area (Å²) in [7, 11) is 0. The van der Waals surface area contributed by atoms with Gasteiger partial charge in [-0.1, -0.05) is 40.2 Å². The normalized spacial score (nSPS) is 17.3. The van der Waals surface area contributed by atoms with E-state index in [-0.39, 0.29) is 11.9 Å². The standard InChI is InChI=1S/C20H20BrNO3/c1-13(25-20(24)15-9-11-16(21)12-10-15)19(23)22-18-8-4-6-14-5-2-3-7-17(14)18/h2-3,5,7,9-13,18H,4,6,8H2,1H3,(H,22,23)/t13-,18+/m1/s1. The summed E-state index contributed by atoms with van der Waals surface area (Å²) in [5.74, 6) is -0.772. The molecular weight excluding hydrogens is 382 g/mol. The molecule has 0 bridgehead atoms. The minimum atomic E-state index is -0.842. The molecule has 1 aliphatic rings. The number of nitrogens with one attached hydrogen (secondary N) is 1. The number of halogens is 1. The number of rotatable bonds is 4. The lowest BCUT2D eigenvalue weighted by Gasteiger charge is -2.27. The molecule has 0 spiro atoms. The van der Waals surface area contributed by atoms with E-state index in [0.29, 0.717) is 5.56 Å². The van der Waals surface area contributed by atoms with Gasteiger partial charge in [0.15, 0.2) is 6.10 Å². The quantitative estimate of drug-likeness (QED) is 0.781. The van der Waals surface area contributed by atoms with E-state index in [0.717, 1.165) is 29.3 Å². The molecule has 0 radical (unpaired) electrons. The number of ether oxygens (including phenoxy) is 1. The minimum Gasteiger partial charge on any atom is -0.449 e. The van der Waals surface area contributed by atoms with Gasteiger partial charge in [-0.2, -0.15) is 0 Å². The molecule has 5 heteroatoms. The van der Waals surface area contributed by atoms with Crippen LogP contribution in [0.25, 0.3) is 0 Å². The second kappa shape index (κ2) is 7.83. The molecule has 2 atom stereocenters. The third-order valence-electron chi connectivity index (χ3n) is 4.42. The molecule has 1 N–H and O–H groups in total. The van der Waals surface area contributed by atoms with Crippen molar-refractivity contribution >= 4 is 27.8 Å². The van der Waals surface area contributed by atoms with Crippen molar-refractivity contribution < 1.29 is 14.3 Å². The Hall–Kier alpha value is -2.14. The van der Waals surface area contributed by atoms with Crippen molar-refractivity contribution in [3.8, 4) is 0 Å². The van der Waals surface area contributed by atoms with Crippen molar-refractivity contribution in [3.05, 3.63) is 69.7 Å². The van der Waals surface area contributed by atoms with Crippen LogP contribution in [-0.4, -0.2) is 18.0 Å². The third-order valence-corrected chi connectivity index (χ3v) is 4.95. The molecule has 1 amide bonds. The number of aryl methyl sites for hydroxylation is 1. The van der Waals surface area contributed by atoms with Crippen molar-refractivity contribution in [2.24, 2.45) is 0 Å². The van der Waals surface area contributed by atoms with E-state index >= 15 is 0 Å². The van der Waals surface area contributed by atoms with E-state index in [2.05, 4.69) is 33.4 Å². The van der Waals surface area contributed by atoms with Crippen molar-refractivity contribution in [3.63, 3.8) is 0 Å². The zero-order valence-electron chi connectivity index (χ0n) is 14.0. The van der Waals surface area contributed by atoms with Crippen molar-refractivity contribution in [2.75, 3.05) is 0 Å². The summed E-state index contributed by atoms with van der Waals surface area (Å²) in [6.45, 7) is 1.60. The number of carbonyl (C=O) groups is 2.